The molecule has 0 spiro atoms. The highest BCUT2D eigenvalue weighted by Gasteiger charge is 2.19. The van der Waals surface area contributed by atoms with Crippen molar-refractivity contribution in [1.29, 1.82) is 0 Å². The van der Waals surface area contributed by atoms with E-state index < -0.39 is 0 Å². The minimum Gasteiger partial charge on any atom is -0.493 e. The standard InChI is InChI=1S/C29H39ClN4O2/c1-21(33-23(3)30)28-22(2)34(20-32-28)15-6-7-16-35-29(26-13-14-26)31-18-25-11-8-12-27(17-25)36-19-24-9-4-5-10-24/h8,11-12,17,20,24,31H,3-7,9-10,13-16,18-19H2,1-2H3. The molecular formula is C29H39ClN4O2. The van der Waals surface area contributed by atoms with Crippen molar-refractivity contribution in [3.63, 3.8) is 0 Å². The van der Waals surface area contributed by atoms with Gasteiger partial charge >= 0.3 is 0 Å². The first-order chi connectivity index (χ1) is 17.5. The number of rotatable bonds is 14. The third-order valence-electron chi connectivity index (χ3n) is 6.90. The summed E-state index contributed by atoms with van der Waals surface area (Å²) in [5.41, 5.74) is 5.34. The molecule has 0 amide bonds. The van der Waals surface area contributed by atoms with Crippen molar-refractivity contribution in [2.75, 3.05) is 13.2 Å². The van der Waals surface area contributed by atoms with Gasteiger partial charge in [-0.25, -0.2) is 9.98 Å². The van der Waals surface area contributed by atoms with E-state index in [-0.39, 0.29) is 5.16 Å². The highest BCUT2D eigenvalue weighted by atomic mass is 35.5. The molecule has 2 fully saturated rings. The number of hydrogen-bond acceptors (Lipinski definition) is 5. The molecule has 0 saturated heterocycles. The molecule has 1 heterocycles. The molecule has 2 saturated carbocycles. The Labute approximate surface area is 220 Å². The highest BCUT2D eigenvalue weighted by molar-refractivity contribution is 6.30. The molecule has 0 aliphatic heterocycles. The van der Waals surface area contributed by atoms with Gasteiger partial charge in [-0.2, -0.15) is 0 Å². The molecule has 7 heteroatoms. The maximum Gasteiger partial charge on any atom is 0.186 e. The zero-order valence-electron chi connectivity index (χ0n) is 21.7. The number of nitrogens with zero attached hydrogens (tertiary/aromatic N) is 3. The summed E-state index contributed by atoms with van der Waals surface area (Å²) in [4.78, 5) is 8.71. The topological polar surface area (TPSA) is 60.7 Å². The van der Waals surface area contributed by atoms with E-state index in [4.69, 9.17) is 21.1 Å². The average molecular weight is 511 g/mol. The number of halogens is 1. The number of unbranched alkanes of at least 4 members (excludes halogenated alkanes) is 1. The number of aromatic nitrogens is 2. The Hall–Kier alpha value is -2.73. The minimum atomic E-state index is 0.271. The van der Waals surface area contributed by atoms with Crippen molar-refractivity contribution in [2.24, 2.45) is 10.9 Å². The molecule has 194 valence electrons. The predicted molar refractivity (Wildman–Crippen MR) is 146 cm³/mol. The molecule has 1 N–H and O–H groups in total. The van der Waals surface area contributed by atoms with E-state index in [2.05, 4.69) is 57.6 Å². The van der Waals surface area contributed by atoms with Gasteiger partial charge in [0.05, 0.1) is 25.3 Å². The van der Waals surface area contributed by atoms with Gasteiger partial charge in [0.2, 0.25) is 0 Å². The Morgan fingerprint density at radius 1 is 1.25 bits per heavy atom. The van der Waals surface area contributed by atoms with Crippen LogP contribution in [-0.4, -0.2) is 28.5 Å². The largest absolute Gasteiger partial charge is 0.493 e. The molecule has 2 aliphatic carbocycles. The molecule has 4 rings (SSSR count). The Bertz CT molecular complexity index is 1090. The average Bonchev–Trinajstić information content (AvgIpc) is 3.43. The second-order valence-corrected chi connectivity index (χ2v) is 10.3. The Morgan fingerprint density at radius 3 is 2.81 bits per heavy atom. The maximum absolute atomic E-state index is 6.16. The SMILES string of the molecule is C=C(Cl)N=C(C)c1ncn(CCCCOC(NCc2cccc(OCC3CCCC3)c2)=C2CC2)c1C. The summed E-state index contributed by atoms with van der Waals surface area (Å²) in [6.45, 7) is 10.8. The summed E-state index contributed by atoms with van der Waals surface area (Å²) in [5.74, 6) is 2.65. The zero-order valence-corrected chi connectivity index (χ0v) is 22.4. The number of benzene rings is 1. The van der Waals surface area contributed by atoms with Crippen LogP contribution in [-0.2, 0) is 17.8 Å². The zero-order chi connectivity index (χ0) is 25.3. The van der Waals surface area contributed by atoms with Crippen molar-refractivity contribution in [1.82, 2.24) is 14.9 Å². The molecule has 2 aliphatic rings. The van der Waals surface area contributed by atoms with Gasteiger partial charge in [-0.1, -0.05) is 43.2 Å². The summed E-state index contributed by atoms with van der Waals surface area (Å²) in [6, 6.07) is 8.42. The van der Waals surface area contributed by atoms with E-state index in [0.29, 0.717) is 6.61 Å². The third kappa shape index (κ3) is 7.89. The van der Waals surface area contributed by atoms with Gasteiger partial charge < -0.3 is 19.4 Å². The van der Waals surface area contributed by atoms with Gasteiger partial charge in [-0.15, -0.1) is 0 Å². The van der Waals surface area contributed by atoms with Crippen molar-refractivity contribution in [3.05, 3.63) is 70.7 Å². The van der Waals surface area contributed by atoms with Gasteiger partial charge in [0, 0.05) is 18.8 Å². The molecular weight excluding hydrogens is 472 g/mol. The van der Waals surface area contributed by atoms with E-state index in [9.17, 15) is 0 Å². The Morgan fingerprint density at radius 2 is 2.06 bits per heavy atom. The molecule has 6 nitrogen and oxygen atoms in total. The summed E-state index contributed by atoms with van der Waals surface area (Å²) < 4.78 is 14.4. The molecule has 1 aromatic heterocycles. The predicted octanol–water partition coefficient (Wildman–Crippen LogP) is 6.87. The second kappa shape index (κ2) is 13.0. The number of aliphatic imine (C=N–C) groups is 1. The van der Waals surface area contributed by atoms with Crippen molar-refractivity contribution < 1.29 is 9.47 Å². The lowest BCUT2D eigenvalue weighted by Gasteiger charge is -2.15. The Balaban J connectivity index is 1.19. The van der Waals surface area contributed by atoms with E-state index in [1.165, 1.54) is 36.8 Å². The van der Waals surface area contributed by atoms with Gasteiger partial charge in [0.15, 0.2) is 5.88 Å². The number of allylic oxidation sites excluding steroid dienone is 1. The molecule has 36 heavy (non-hydrogen) atoms. The van der Waals surface area contributed by atoms with Gasteiger partial charge in [-0.3, -0.25) is 0 Å². The van der Waals surface area contributed by atoms with Gasteiger partial charge in [-0.05, 0) is 81.6 Å². The maximum atomic E-state index is 6.16. The van der Waals surface area contributed by atoms with Crippen LogP contribution < -0.4 is 10.1 Å². The van der Waals surface area contributed by atoms with Crippen molar-refractivity contribution in [3.8, 4) is 5.75 Å². The van der Waals surface area contributed by atoms with E-state index >= 15 is 0 Å². The molecule has 0 bridgehead atoms. The van der Waals surface area contributed by atoms with Gasteiger partial charge in [0.1, 0.15) is 16.6 Å². The first-order valence-electron chi connectivity index (χ1n) is 13.2. The summed E-state index contributed by atoms with van der Waals surface area (Å²) in [6.07, 6.45) is 11.4. The molecule has 2 aromatic rings. The van der Waals surface area contributed by atoms with E-state index in [1.54, 1.807) is 0 Å². The first-order valence-corrected chi connectivity index (χ1v) is 13.6. The fourth-order valence-electron chi connectivity index (χ4n) is 4.70. The molecule has 1 aromatic carbocycles. The summed E-state index contributed by atoms with van der Waals surface area (Å²) in [7, 11) is 0. The highest BCUT2D eigenvalue weighted by Crippen LogP contribution is 2.31. The van der Waals surface area contributed by atoms with Gasteiger partial charge in [0.25, 0.3) is 0 Å². The number of aryl methyl sites for hydroxylation is 1. The second-order valence-electron chi connectivity index (χ2n) is 9.90. The number of ether oxygens (including phenoxy) is 2. The molecule has 0 unspecified atom stereocenters. The Kier molecular flexibility index (Phi) is 9.51. The minimum absolute atomic E-state index is 0.271. The molecule has 0 radical (unpaired) electrons. The van der Waals surface area contributed by atoms with Crippen LogP contribution in [0.15, 0.2) is 58.8 Å². The van der Waals surface area contributed by atoms with Crippen LogP contribution in [0.3, 0.4) is 0 Å². The normalized spacial score (nSPS) is 15.8. The smallest absolute Gasteiger partial charge is 0.186 e. The van der Waals surface area contributed by atoms with Crippen molar-refractivity contribution >= 4 is 17.3 Å². The lowest BCUT2D eigenvalue weighted by molar-refractivity contribution is 0.181. The fraction of sp³-hybridized carbons (Fsp3) is 0.517. The number of nitrogens with one attached hydrogen (secondary N) is 1. The summed E-state index contributed by atoms with van der Waals surface area (Å²) in [5, 5.41) is 3.80. The number of imidazole rings is 1. The van der Waals surface area contributed by atoms with Crippen LogP contribution >= 0.6 is 11.6 Å². The lowest BCUT2D eigenvalue weighted by atomic mass is 10.1. The fourth-order valence-corrected chi connectivity index (χ4v) is 4.83. The van der Waals surface area contributed by atoms with Crippen molar-refractivity contribution in [2.45, 2.75) is 78.3 Å². The van der Waals surface area contributed by atoms with Crippen LogP contribution in [0.25, 0.3) is 0 Å². The van der Waals surface area contributed by atoms with Crippen LogP contribution in [0.5, 0.6) is 5.75 Å². The van der Waals surface area contributed by atoms with Crippen LogP contribution in [0.2, 0.25) is 0 Å². The van der Waals surface area contributed by atoms with Crippen LogP contribution in [0, 0.1) is 12.8 Å². The van der Waals surface area contributed by atoms with E-state index in [1.807, 2.05) is 13.3 Å². The lowest BCUT2D eigenvalue weighted by Crippen LogP contribution is -2.16. The monoisotopic (exact) mass is 510 g/mol. The summed E-state index contributed by atoms with van der Waals surface area (Å²) >= 11 is 5.81. The van der Waals surface area contributed by atoms with Crippen LogP contribution in [0.1, 0.15) is 75.2 Å². The third-order valence-corrected chi connectivity index (χ3v) is 6.99. The quantitative estimate of drug-likeness (QED) is 0.130. The van der Waals surface area contributed by atoms with Crippen LogP contribution in [0.4, 0.5) is 0 Å². The molecule has 0 atom stereocenters. The number of hydrogen-bond donors (Lipinski definition) is 1. The van der Waals surface area contributed by atoms with E-state index in [0.717, 1.165) is 80.0 Å². The first kappa shape index (κ1) is 26.3.